The molecule has 1 aromatic heterocycles. The van der Waals surface area contributed by atoms with Crippen LogP contribution in [0.25, 0.3) is 5.57 Å². The molecule has 2 nitrogen and oxygen atoms in total. The first-order chi connectivity index (χ1) is 8.24. The molecule has 17 heavy (non-hydrogen) atoms. The highest BCUT2D eigenvalue weighted by atomic mass is 79.9. The van der Waals surface area contributed by atoms with Crippen LogP contribution in [0.1, 0.15) is 24.0 Å². The van der Waals surface area contributed by atoms with Crippen LogP contribution >= 0.6 is 15.9 Å². The Morgan fingerprint density at radius 2 is 2.29 bits per heavy atom. The average Bonchev–Trinajstić information content (AvgIpc) is 2.79. The second kappa shape index (κ2) is 4.54. The molecule has 2 aliphatic rings. The number of halogens is 1. The van der Waals surface area contributed by atoms with Crippen molar-refractivity contribution >= 4 is 21.5 Å². The third-order valence-electron chi connectivity index (χ3n) is 3.98. The Hall–Kier alpha value is -0.670. The van der Waals surface area contributed by atoms with Crippen molar-refractivity contribution in [2.24, 2.45) is 11.8 Å². The topological polar surface area (TPSA) is 24.9 Å². The summed E-state index contributed by atoms with van der Waals surface area (Å²) in [4.78, 5) is 4.40. The van der Waals surface area contributed by atoms with E-state index in [9.17, 15) is 0 Å². The van der Waals surface area contributed by atoms with Crippen molar-refractivity contribution in [2.75, 3.05) is 13.1 Å². The number of aromatic nitrogens is 1. The summed E-state index contributed by atoms with van der Waals surface area (Å²) in [5.41, 5.74) is 4.00. The summed E-state index contributed by atoms with van der Waals surface area (Å²) in [6, 6.07) is 2.24. The summed E-state index contributed by atoms with van der Waals surface area (Å²) in [5.74, 6) is 1.60. The van der Waals surface area contributed by atoms with Gasteiger partial charge >= 0.3 is 0 Å². The Kier molecular flexibility index (Phi) is 3.05. The van der Waals surface area contributed by atoms with Crippen LogP contribution in [0.2, 0.25) is 0 Å². The van der Waals surface area contributed by atoms with Gasteiger partial charge in [-0.15, -0.1) is 0 Å². The van der Waals surface area contributed by atoms with Crippen molar-refractivity contribution in [1.82, 2.24) is 10.3 Å². The second-order valence-corrected chi connectivity index (χ2v) is 5.90. The van der Waals surface area contributed by atoms with Gasteiger partial charge in [0.2, 0.25) is 0 Å². The Morgan fingerprint density at radius 1 is 1.41 bits per heavy atom. The standard InChI is InChI=1S/C14H17BrN2/c1-9-4-12(8-17-14(9)15)10-2-3-11-6-16-7-13(11)5-10/h4-5,8,11,13,16H,2-3,6-7H2,1H3/t11-,13+/m1/s1. The van der Waals surface area contributed by atoms with Crippen LogP contribution in [-0.2, 0) is 0 Å². The molecule has 2 heterocycles. The number of aryl methyl sites for hydroxylation is 1. The zero-order chi connectivity index (χ0) is 11.8. The number of rotatable bonds is 1. The molecule has 90 valence electrons. The van der Waals surface area contributed by atoms with E-state index in [0.29, 0.717) is 0 Å². The molecule has 3 rings (SSSR count). The maximum atomic E-state index is 4.40. The largest absolute Gasteiger partial charge is 0.316 e. The minimum absolute atomic E-state index is 0.739. The second-order valence-electron chi connectivity index (χ2n) is 5.14. The molecule has 0 unspecified atom stereocenters. The van der Waals surface area contributed by atoms with Gasteiger partial charge in [0.1, 0.15) is 4.60 Å². The predicted molar refractivity (Wildman–Crippen MR) is 73.7 cm³/mol. The molecule has 0 radical (unpaired) electrons. The van der Waals surface area contributed by atoms with E-state index >= 15 is 0 Å². The van der Waals surface area contributed by atoms with Crippen LogP contribution in [0.5, 0.6) is 0 Å². The molecule has 0 bridgehead atoms. The third kappa shape index (κ3) is 2.18. The Balaban J connectivity index is 1.91. The average molecular weight is 293 g/mol. The van der Waals surface area contributed by atoms with Crippen LogP contribution in [0.4, 0.5) is 0 Å². The van der Waals surface area contributed by atoms with Gasteiger partial charge in [-0.25, -0.2) is 4.98 Å². The molecular formula is C14H17BrN2. The molecule has 1 fully saturated rings. The number of hydrogen-bond donors (Lipinski definition) is 1. The first-order valence-corrected chi connectivity index (χ1v) is 7.07. The summed E-state index contributed by atoms with van der Waals surface area (Å²) in [5, 5.41) is 3.49. The first-order valence-electron chi connectivity index (χ1n) is 6.28. The first kappa shape index (κ1) is 11.4. The van der Waals surface area contributed by atoms with E-state index in [4.69, 9.17) is 0 Å². The number of nitrogens with zero attached hydrogens (tertiary/aromatic N) is 1. The third-order valence-corrected chi connectivity index (χ3v) is 4.81. The van der Waals surface area contributed by atoms with Crippen molar-refractivity contribution in [3.8, 4) is 0 Å². The van der Waals surface area contributed by atoms with Gasteiger partial charge in [-0.1, -0.05) is 6.08 Å². The highest BCUT2D eigenvalue weighted by molar-refractivity contribution is 9.10. The number of fused-ring (bicyclic) bond motifs is 1. The van der Waals surface area contributed by atoms with Crippen molar-refractivity contribution < 1.29 is 0 Å². The van der Waals surface area contributed by atoms with E-state index in [1.165, 1.54) is 36.1 Å². The summed E-state index contributed by atoms with van der Waals surface area (Å²) < 4.78 is 0.957. The van der Waals surface area contributed by atoms with Crippen LogP contribution in [0, 0.1) is 18.8 Å². The Morgan fingerprint density at radius 3 is 3.12 bits per heavy atom. The fourth-order valence-corrected chi connectivity index (χ4v) is 3.14. The summed E-state index contributed by atoms with van der Waals surface area (Å²) in [7, 11) is 0. The van der Waals surface area contributed by atoms with Gasteiger partial charge in [-0.3, -0.25) is 0 Å². The highest BCUT2D eigenvalue weighted by Gasteiger charge is 2.29. The van der Waals surface area contributed by atoms with Gasteiger partial charge in [-0.2, -0.15) is 0 Å². The molecule has 3 heteroatoms. The maximum absolute atomic E-state index is 4.40. The van der Waals surface area contributed by atoms with Crippen LogP contribution in [0.3, 0.4) is 0 Å². The molecule has 1 N–H and O–H groups in total. The van der Waals surface area contributed by atoms with E-state index in [1.807, 2.05) is 6.20 Å². The zero-order valence-electron chi connectivity index (χ0n) is 10.0. The number of allylic oxidation sites excluding steroid dienone is 1. The molecule has 2 atom stereocenters. The molecule has 1 aliphatic carbocycles. The smallest absolute Gasteiger partial charge is 0.109 e. The highest BCUT2D eigenvalue weighted by Crippen LogP contribution is 2.35. The Bertz CT molecular complexity index is 467. The predicted octanol–water partition coefficient (Wildman–Crippen LogP) is 3.17. The van der Waals surface area contributed by atoms with E-state index in [1.54, 1.807) is 0 Å². The number of hydrogen-bond acceptors (Lipinski definition) is 2. The Labute approximate surface area is 111 Å². The molecule has 1 aromatic rings. The fraction of sp³-hybridized carbons (Fsp3) is 0.500. The van der Waals surface area contributed by atoms with Gasteiger partial charge in [-0.05, 0) is 76.8 Å². The molecule has 0 spiro atoms. The minimum Gasteiger partial charge on any atom is -0.316 e. The number of nitrogens with one attached hydrogen (secondary N) is 1. The summed E-state index contributed by atoms with van der Waals surface area (Å²) >= 11 is 3.46. The summed E-state index contributed by atoms with van der Waals surface area (Å²) in [6.07, 6.45) is 6.98. The molecular weight excluding hydrogens is 276 g/mol. The van der Waals surface area contributed by atoms with Crippen LogP contribution < -0.4 is 5.32 Å². The normalized spacial score (nSPS) is 27.8. The van der Waals surface area contributed by atoms with E-state index in [0.717, 1.165) is 23.0 Å². The lowest BCUT2D eigenvalue weighted by molar-refractivity contribution is 0.448. The lowest BCUT2D eigenvalue weighted by atomic mass is 9.81. The van der Waals surface area contributed by atoms with Gasteiger partial charge in [0, 0.05) is 12.7 Å². The van der Waals surface area contributed by atoms with Gasteiger partial charge in [0.15, 0.2) is 0 Å². The van der Waals surface area contributed by atoms with Crippen molar-refractivity contribution in [1.29, 1.82) is 0 Å². The molecule has 0 aromatic carbocycles. The van der Waals surface area contributed by atoms with Gasteiger partial charge < -0.3 is 5.32 Å². The molecule has 1 saturated heterocycles. The monoisotopic (exact) mass is 292 g/mol. The molecule has 1 aliphatic heterocycles. The van der Waals surface area contributed by atoms with E-state index in [-0.39, 0.29) is 0 Å². The van der Waals surface area contributed by atoms with Gasteiger partial charge in [0.25, 0.3) is 0 Å². The van der Waals surface area contributed by atoms with E-state index in [2.05, 4.69) is 45.3 Å². The van der Waals surface area contributed by atoms with Crippen LogP contribution in [0.15, 0.2) is 22.9 Å². The van der Waals surface area contributed by atoms with Crippen LogP contribution in [-0.4, -0.2) is 18.1 Å². The lowest BCUT2D eigenvalue weighted by Crippen LogP contribution is -2.15. The summed E-state index contributed by atoms with van der Waals surface area (Å²) in [6.45, 7) is 4.45. The maximum Gasteiger partial charge on any atom is 0.109 e. The van der Waals surface area contributed by atoms with E-state index < -0.39 is 0 Å². The lowest BCUT2D eigenvalue weighted by Gasteiger charge is -2.23. The molecule has 0 amide bonds. The number of pyridine rings is 1. The minimum atomic E-state index is 0.739. The van der Waals surface area contributed by atoms with Gasteiger partial charge in [0.05, 0.1) is 0 Å². The quantitative estimate of drug-likeness (QED) is 0.805. The van der Waals surface area contributed by atoms with Crippen molar-refractivity contribution in [3.05, 3.63) is 34.1 Å². The zero-order valence-corrected chi connectivity index (χ0v) is 11.6. The molecule has 0 saturated carbocycles. The SMILES string of the molecule is Cc1cc(C2=C[C@H]3CNC[C@H]3CC2)cnc1Br. The van der Waals surface area contributed by atoms with Crippen molar-refractivity contribution in [3.63, 3.8) is 0 Å². The van der Waals surface area contributed by atoms with Crippen molar-refractivity contribution in [2.45, 2.75) is 19.8 Å². The fourth-order valence-electron chi connectivity index (χ4n) is 2.92.